The van der Waals surface area contributed by atoms with Crippen molar-refractivity contribution in [3.05, 3.63) is 41.7 Å². The maximum atomic E-state index is 12.8. The number of aryl methyl sites for hydroxylation is 1. The normalized spacial score (nSPS) is 23.9. The number of hydrogen-bond donors (Lipinski definition) is 0. The van der Waals surface area contributed by atoms with E-state index in [1.54, 1.807) is 16.8 Å². The third-order valence-electron chi connectivity index (χ3n) is 6.97. The zero-order valence-corrected chi connectivity index (χ0v) is 19.1. The molecular weight excluding hydrogens is 449 g/mol. The second-order valence-corrected chi connectivity index (χ2v) is 9.47. The van der Waals surface area contributed by atoms with E-state index < -0.39 is 6.36 Å². The second-order valence-electron chi connectivity index (χ2n) is 9.47. The van der Waals surface area contributed by atoms with E-state index in [4.69, 9.17) is 9.84 Å². The number of hydrogen-bond acceptors (Lipinski definition) is 5. The Bertz CT molecular complexity index is 1000. The Labute approximate surface area is 196 Å². The van der Waals surface area contributed by atoms with Crippen molar-refractivity contribution in [1.29, 1.82) is 0 Å². The highest BCUT2D eigenvalue weighted by Crippen LogP contribution is 2.30. The summed E-state index contributed by atoms with van der Waals surface area (Å²) in [5.41, 5.74) is 2.52. The van der Waals surface area contributed by atoms with E-state index in [-0.39, 0.29) is 29.8 Å². The Morgan fingerprint density at radius 1 is 1.09 bits per heavy atom. The molecule has 7 nitrogen and oxygen atoms in total. The maximum Gasteiger partial charge on any atom is 0.573 e. The zero-order chi connectivity index (χ0) is 23.9. The fourth-order valence-corrected chi connectivity index (χ4v) is 5.29. The van der Waals surface area contributed by atoms with Crippen LogP contribution in [0.25, 0.3) is 5.69 Å². The minimum atomic E-state index is -4.71. The maximum absolute atomic E-state index is 12.8. The van der Waals surface area contributed by atoms with Crippen molar-refractivity contribution in [1.82, 2.24) is 19.6 Å². The van der Waals surface area contributed by atoms with E-state index in [2.05, 4.69) is 9.64 Å². The molecule has 3 aliphatic heterocycles. The van der Waals surface area contributed by atoms with Crippen molar-refractivity contribution >= 4 is 5.91 Å². The molecule has 1 aromatic heterocycles. The molecule has 0 radical (unpaired) electrons. The number of carbonyl (C=O) groups excluding carboxylic acids is 1. The number of amides is 1. The van der Waals surface area contributed by atoms with Crippen LogP contribution in [0.4, 0.5) is 13.2 Å². The Morgan fingerprint density at radius 2 is 1.74 bits per heavy atom. The van der Waals surface area contributed by atoms with E-state index in [1.807, 2.05) is 17.9 Å². The van der Waals surface area contributed by atoms with Crippen LogP contribution in [0, 0.1) is 6.92 Å². The van der Waals surface area contributed by atoms with Gasteiger partial charge in [-0.2, -0.15) is 5.10 Å². The third kappa shape index (κ3) is 5.22. The zero-order valence-electron chi connectivity index (χ0n) is 19.1. The van der Waals surface area contributed by atoms with E-state index >= 15 is 0 Å². The highest BCUT2D eigenvalue weighted by molar-refractivity contribution is 5.78. The smallest absolute Gasteiger partial charge is 0.406 e. The van der Waals surface area contributed by atoms with Gasteiger partial charge in [-0.1, -0.05) is 0 Å². The monoisotopic (exact) mass is 478 g/mol. The van der Waals surface area contributed by atoms with Crippen LogP contribution in [0.15, 0.2) is 30.3 Å². The molecule has 1 aromatic carbocycles. The average Bonchev–Trinajstić information content (AvgIpc) is 3.35. The highest BCUT2D eigenvalue weighted by Gasteiger charge is 2.35. The summed E-state index contributed by atoms with van der Waals surface area (Å²) >= 11 is 0. The van der Waals surface area contributed by atoms with Crippen LogP contribution in [0.1, 0.15) is 43.0 Å². The lowest BCUT2D eigenvalue weighted by Gasteiger charge is -2.35. The molecule has 3 aliphatic rings. The number of aromatic nitrogens is 2. The van der Waals surface area contributed by atoms with Crippen molar-refractivity contribution in [3.63, 3.8) is 0 Å². The van der Waals surface area contributed by atoms with Crippen LogP contribution in [0.2, 0.25) is 0 Å². The Morgan fingerprint density at radius 3 is 2.35 bits per heavy atom. The molecule has 3 saturated heterocycles. The lowest BCUT2D eigenvalue weighted by atomic mass is 9.93. The Kier molecular flexibility index (Phi) is 6.28. The molecule has 4 heterocycles. The molecule has 2 unspecified atom stereocenters. The molecule has 34 heavy (non-hydrogen) atoms. The van der Waals surface area contributed by atoms with Crippen molar-refractivity contribution in [3.8, 4) is 11.4 Å². The van der Waals surface area contributed by atoms with E-state index in [9.17, 15) is 18.0 Å². The van der Waals surface area contributed by atoms with Crippen molar-refractivity contribution in [2.45, 2.75) is 57.1 Å². The van der Waals surface area contributed by atoms with Crippen LogP contribution in [-0.2, 0) is 9.53 Å². The summed E-state index contributed by atoms with van der Waals surface area (Å²) in [5.74, 6) is 0.168. The number of halogens is 3. The standard InChI is InChI=1S/C24H29F3N4O3/c1-16-12-22(28-31(16)18-2-4-19(5-3-18)34-24(25,26)27)17-8-10-30(11-9-17)23(32)15-29-13-20-6-7-21(14-29)33-20/h2-5,12,17,20-21H,6-11,13-15H2,1H3. The number of carbonyl (C=O) groups is 1. The number of fused-ring (bicyclic) bond motifs is 2. The lowest BCUT2D eigenvalue weighted by molar-refractivity contribution is -0.274. The van der Waals surface area contributed by atoms with Gasteiger partial charge in [0.25, 0.3) is 0 Å². The summed E-state index contributed by atoms with van der Waals surface area (Å²) in [5, 5.41) is 4.72. The number of nitrogens with zero attached hydrogens (tertiary/aromatic N) is 4. The summed E-state index contributed by atoms with van der Waals surface area (Å²) in [6.45, 7) is 5.48. The van der Waals surface area contributed by atoms with Gasteiger partial charge in [-0.15, -0.1) is 13.2 Å². The predicted octanol–water partition coefficient (Wildman–Crippen LogP) is 3.65. The van der Waals surface area contributed by atoms with Gasteiger partial charge in [-0.25, -0.2) is 4.68 Å². The van der Waals surface area contributed by atoms with Gasteiger partial charge >= 0.3 is 6.36 Å². The summed E-state index contributed by atoms with van der Waals surface area (Å²) < 4.78 is 48.7. The molecule has 0 N–H and O–H groups in total. The average molecular weight is 479 g/mol. The molecule has 2 bridgehead atoms. The number of alkyl halides is 3. The van der Waals surface area contributed by atoms with Crippen LogP contribution < -0.4 is 4.74 Å². The van der Waals surface area contributed by atoms with E-state index in [1.165, 1.54) is 12.1 Å². The van der Waals surface area contributed by atoms with Gasteiger partial charge in [0.15, 0.2) is 0 Å². The fraction of sp³-hybridized carbons (Fsp3) is 0.583. The first-order valence-corrected chi connectivity index (χ1v) is 11.8. The first-order chi connectivity index (χ1) is 16.2. The van der Waals surface area contributed by atoms with Gasteiger partial charge in [-0.05, 0) is 62.9 Å². The molecule has 3 fully saturated rings. The molecule has 184 valence electrons. The number of morpholine rings is 1. The minimum absolute atomic E-state index is 0.183. The molecule has 2 aromatic rings. The van der Waals surface area contributed by atoms with E-state index in [0.717, 1.165) is 50.2 Å². The summed E-state index contributed by atoms with van der Waals surface area (Å²) in [6, 6.07) is 7.71. The van der Waals surface area contributed by atoms with Gasteiger partial charge < -0.3 is 14.4 Å². The lowest BCUT2D eigenvalue weighted by Crippen LogP contribution is -2.49. The molecular formula is C24H29F3N4O3. The first-order valence-electron chi connectivity index (χ1n) is 11.8. The second kappa shape index (κ2) is 9.22. The quantitative estimate of drug-likeness (QED) is 0.657. The van der Waals surface area contributed by atoms with Crippen LogP contribution in [0.5, 0.6) is 5.75 Å². The fourth-order valence-electron chi connectivity index (χ4n) is 5.29. The largest absolute Gasteiger partial charge is 0.573 e. The molecule has 0 aliphatic carbocycles. The third-order valence-corrected chi connectivity index (χ3v) is 6.97. The molecule has 1 amide bonds. The van der Waals surface area contributed by atoms with Gasteiger partial charge in [0.05, 0.1) is 30.1 Å². The number of rotatable bonds is 5. The van der Waals surface area contributed by atoms with Crippen LogP contribution in [-0.4, -0.2) is 76.8 Å². The molecule has 5 rings (SSSR count). The molecule has 0 spiro atoms. The first kappa shape index (κ1) is 23.2. The molecule has 10 heteroatoms. The topological polar surface area (TPSA) is 59.8 Å². The number of benzene rings is 1. The summed E-state index contributed by atoms with van der Waals surface area (Å²) in [7, 11) is 0. The van der Waals surface area contributed by atoms with Gasteiger partial charge in [0, 0.05) is 37.8 Å². The Balaban J connectivity index is 1.16. The van der Waals surface area contributed by atoms with Crippen LogP contribution in [0.3, 0.4) is 0 Å². The predicted molar refractivity (Wildman–Crippen MR) is 118 cm³/mol. The molecule has 0 saturated carbocycles. The van der Waals surface area contributed by atoms with Crippen molar-refractivity contribution in [2.24, 2.45) is 0 Å². The number of piperidine rings is 1. The van der Waals surface area contributed by atoms with Crippen molar-refractivity contribution in [2.75, 3.05) is 32.7 Å². The SMILES string of the molecule is Cc1cc(C2CCN(C(=O)CN3CC4CCC(C3)O4)CC2)nn1-c1ccc(OC(F)(F)F)cc1. The van der Waals surface area contributed by atoms with E-state index in [0.29, 0.717) is 25.3 Å². The summed E-state index contributed by atoms with van der Waals surface area (Å²) in [6.07, 6.45) is -0.276. The Hall–Kier alpha value is -2.59. The van der Waals surface area contributed by atoms with Gasteiger partial charge in [0.1, 0.15) is 5.75 Å². The number of ether oxygens (including phenoxy) is 2. The van der Waals surface area contributed by atoms with Crippen LogP contribution >= 0.6 is 0 Å². The highest BCUT2D eigenvalue weighted by atomic mass is 19.4. The minimum Gasteiger partial charge on any atom is -0.406 e. The summed E-state index contributed by atoms with van der Waals surface area (Å²) in [4.78, 5) is 17.0. The van der Waals surface area contributed by atoms with Gasteiger partial charge in [-0.3, -0.25) is 9.69 Å². The molecule has 2 atom stereocenters. The number of likely N-dealkylation sites (tertiary alicyclic amines) is 2. The van der Waals surface area contributed by atoms with Crippen molar-refractivity contribution < 1.29 is 27.4 Å². The van der Waals surface area contributed by atoms with Gasteiger partial charge in [0.2, 0.25) is 5.91 Å².